The lowest BCUT2D eigenvalue weighted by Crippen LogP contribution is -2.48. The lowest BCUT2D eigenvalue weighted by Gasteiger charge is -2.43. The molecule has 1 fully saturated rings. The van der Waals surface area contributed by atoms with Crippen molar-refractivity contribution >= 4 is 31.8 Å². The third kappa shape index (κ3) is 5.97. The summed E-state index contributed by atoms with van der Waals surface area (Å²) >= 11 is 4.36. The van der Waals surface area contributed by atoms with E-state index >= 15 is 0 Å². The van der Waals surface area contributed by atoms with Crippen LogP contribution in [0.3, 0.4) is 0 Å². The Morgan fingerprint density at radius 2 is 1.35 bits per heavy atom. The Bertz CT molecular complexity index is 306. The van der Waals surface area contributed by atoms with Gasteiger partial charge in [-0.25, -0.2) is 0 Å². The number of hydrogen-bond donors (Lipinski definition) is 0. The fourth-order valence-corrected chi connectivity index (χ4v) is 13.1. The highest BCUT2D eigenvalue weighted by Crippen LogP contribution is 2.43. The Balaban J connectivity index is 2.56. The molecule has 2 atom stereocenters. The fraction of sp³-hybridized carbons (Fsp3) is 1.00. The maximum absolute atomic E-state index is 6.79. The first-order valence-electron chi connectivity index (χ1n) is 9.58. The van der Waals surface area contributed by atoms with Crippen molar-refractivity contribution in [1.82, 2.24) is 0 Å². The molecule has 138 valence electrons. The Hall–Kier alpha value is 0.877. The summed E-state index contributed by atoms with van der Waals surface area (Å²) in [4.78, 5) is 0. The molecule has 1 rings (SSSR count). The lowest BCUT2D eigenvalue weighted by atomic mass is 9.99. The highest BCUT2D eigenvalue weighted by atomic mass is 32.2. The van der Waals surface area contributed by atoms with Crippen molar-refractivity contribution in [3.8, 4) is 0 Å². The van der Waals surface area contributed by atoms with E-state index in [0.29, 0.717) is 22.5 Å². The van der Waals surface area contributed by atoms with E-state index in [-0.39, 0.29) is 0 Å². The standard InChI is InChI=1S/C19H40OS2Si/c1-14(2)23(15(3)4,16(5)6)20-13-17(7)12-18(8)19-21-10-9-11-22-19/h14-19H,9-13H2,1-8H3/t17-,18+/m1/s1. The molecule has 4 heteroatoms. The molecule has 1 saturated heterocycles. The number of rotatable bonds is 9. The Kier molecular flexibility index (Phi) is 9.65. The molecule has 1 nitrogen and oxygen atoms in total. The predicted molar refractivity (Wildman–Crippen MR) is 113 cm³/mol. The molecule has 0 bridgehead atoms. The first-order valence-corrected chi connectivity index (χ1v) is 13.8. The van der Waals surface area contributed by atoms with E-state index in [4.69, 9.17) is 4.43 Å². The molecule has 0 saturated carbocycles. The van der Waals surface area contributed by atoms with Crippen LogP contribution in [0.25, 0.3) is 0 Å². The highest BCUT2D eigenvalue weighted by Gasteiger charge is 2.45. The zero-order valence-electron chi connectivity index (χ0n) is 16.7. The van der Waals surface area contributed by atoms with Crippen LogP contribution < -0.4 is 0 Å². The Morgan fingerprint density at radius 3 is 1.78 bits per heavy atom. The average Bonchev–Trinajstić information content (AvgIpc) is 2.47. The van der Waals surface area contributed by atoms with Crippen LogP contribution in [0.15, 0.2) is 0 Å². The monoisotopic (exact) mass is 376 g/mol. The van der Waals surface area contributed by atoms with Crippen LogP contribution in [0, 0.1) is 11.8 Å². The molecule has 0 amide bonds. The first-order chi connectivity index (χ1) is 10.7. The van der Waals surface area contributed by atoms with Gasteiger partial charge in [-0.15, -0.1) is 23.5 Å². The van der Waals surface area contributed by atoms with E-state index in [2.05, 4.69) is 78.9 Å². The third-order valence-electron chi connectivity index (χ3n) is 5.42. The van der Waals surface area contributed by atoms with Crippen molar-refractivity contribution in [3.63, 3.8) is 0 Å². The van der Waals surface area contributed by atoms with Gasteiger partial charge in [-0.3, -0.25) is 0 Å². The van der Waals surface area contributed by atoms with E-state index in [1.165, 1.54) is 24.3 Å². The van der Waals surface area contributed by atoms with Crippen LogP contribution in [0.2, 0.25) is 16.6 Å². The Labute approximate surface area is 155 Å². The molecule has 0 unspecified atom stereocenters. The second kappa shape index (κ2) is 10.1. The summed E-state index contributed by atoms with van der Waals surface area (Å²) < 4.78 is 7.60. The lowest BCUT2D eigenvalue weighted by molar-refractivity contribution is 0.212. The van der Waals surface area contributed by atoms with E-state index in [1.807, 2.05) is 0 Å². The van der Waals surface area contributed by atoms with Gasteiger partial charge in [0.1, 0.15) is 0 Å². The quantitative estimate of drug-likeness (QED) is 0.399. The molecule has 0 aliphatic carbocycles. The minimum absolute atomic E-state index is 0.677. The van der Waals surface area contributed by atoms with Gasteiger partial charge in [-0.05, 0) is 52.8 Å². The van der Waals surface area contributed by atoms with Gasteiger partial charge >= 0.3 is 0 Å². The normalized spacial score (nSPS) is 20.5. The zero-order chi connectivity index (χ0) is 17.6. The fourth-order valence-electron chi connectivity index (χ4n) is 4.43. The van der Waals surface area contributed by atoms with E-state index in [0.717, 1.165) is 17.1 Å². The summed E-state index contributed by atoms with van der Waals surface area (Å²) in [7, 11) is -1.69. The molecule has 1 heterocycles. The number of thioether (sulfide) groups is 2. The van der Waals surface area contributed by atoms with Gasteiger partial charge in [-0.1, -0.05) is 55.4 Å². The minimum Gasteiger partial charge on any atom is -0.416 e. The summed E-state index contributed by atoms with van der Waals surface area (Å²) in [6.45, 7) is 20.1. The average molecular weight is 377 g/mol. The molecule has 0 spiro atoms. The molecule has 1 aliphatic heterocycles. The topological polar surface area (TPSA) is 9.23 Å². The van der Waals surface area contributed by atoms with Crippen molar-refractivity contribution < 1.29 is 4.43 Å². The largest absolute Gasteiger partial charge is 0.416 e. The molecule has 23 heavy (non-hydrogen) atoms. The van der Waals surface area contributed by atoms with Gasteiger partial charge in [0.25, 0.3) is 0 Å². The van der Waals surface area contributed by atoms with E-state index in [9.17, 15) is 0 Å². The minimum atomic E-state index is -1.69. The van der Waals surface area contributed by atoms with Crippen molar-refractivity contribution in [3.05, 3.63) is 0 Å². The van der Waals surface area contributed by atoms with Gasteiger partial charge in [0, 0.05) is 6.61 Å². The predicted octanol–water partition coefficient (Wildman–Crippen LogP) is 7.04. The summed E-state index contributed by atoms with van der Waals surface area (Å²) in [5.41, 5.74) is 2.07. The van der Waals surface area contributed by atoms with Crippen LogP contribution in [0.4, 0.5) is 0 Å². The van der Waals surface area contributed by atoms with E-state index in [1.54, 1.807) is 0 Å². The summed E-state index contributed by atoms with van der Waals surface area (Å²) in [6, 6.07) is 0. The van der Waals surface area contributed by atoms with Gasteiger partial charge in [0.2, 0.25) is 0 Å². The SMILES string of the molecule is CC(C)[Si](OC[C@H](C)C[C@H](C)C1SCCCS1)(C(C)C)C(C)C. The summed E-state index contributed by atoms with van der Waals surface area (Å²) in [5.74, 6) is 4.20. The maximum Gasteiger partial charge on any atom is 0.200 e. The van der Waals surface area contributed by atoms with Gasteiger partial charge < -0.3 is 4.43 Å². The van der Waals surface area contributed by atoms with Crippen LogP contribution in [0.1, 0.15) is 68.2 Å². The molecule has 0 aromatic carbocycles. The summed E-state index contributed by atoms with van der Waals surface area (Å²) in [5, 5.41) is 0. The molecule has 1 aliphatic rings. The zero-order valence-corrected chi connectivity index (χ0v) is 19.4. The smallest absolute Gasteiger partial charge is 0.200 e. The number of hydrogen-bond acceptors (Lipinski definition) is 3. The second-order valence-corrected chi connectivity index (χ2v) is 16.7. The third-order valence-corrected chi connectivity index (χ3v) is 14.9. The Morgan fingerprint density at radius 1 is 0.870 bits per heavy atom. The van der Waals surface area contributed by atoms with Crippen molar-refractivity contribution in [1.29, 1.82) is 0 Å². The maximum atomic E-state index is 6.79. The van der Waals surface area contributed by atoms with Crippen LogP contribution >= 0.6 is 23.5 Å². The molecule has 0 aromatic heterocycles. The van der Waals surface area contributed by atoms with Gasteiger partial charge in [0.15, 0.2) is 8.32 Å². The van der Waals surface area contributed by atoms with Crippen LogP contribution in [0.5, 0.6) is 0 Å². The van der Waals surface area contributed by atoms with Crippen molar-refractivity contribution in [2.75, 3.05) is 18.1 Å². The second-order valence-electron chi connectivity index (χ2n) is 8.41. The highest BCUT2D eigenvalue weighted by molar-refractivity contribution is 8.17. The molecular formula is C19H40OS2Si. The molecule has 0 N–H and O–H groups in total. The first kappa shape index (κ1) is 21.9. The van der Waals surface area contributed by atoms with Gasteiger partial charge in [-0.2, -0.15) is 0 Å². The van der Waals surface area contributed by atoms with Crippen molar-refractivity contribution in [2.45, 2.75) is 89.4 Å². The molecule has 0 aromatic rings. The molecule has 0 radical (unpaired) electrons. The summed E-state index contributed by atoms with van der Waals surface area (Å²) in [6.07, 6.45) is 2.70. The van der Waals surface area contributed by atoms with E-state index < -0.39 is 8.32 Å². The molecular weight excluding hydrogens is 336 g/mol. The van der Waals surface area contributed by atoms with Crippen LogP contribution in [-0.4, -0.2) is 31.0 Å². The van der Waals surface area contributed by atoms with Crippen molar-refractivity contribution in [2.24, 2.45) is 11.8 Å². The van der Waals surface area contributed by atoms with Gasteiger partial charge in [0.05, 0.1) is 4.58 Å². The van der Waals surface area contributed by atoms with Crippen LogP contribution in [-0.2, 0) is 4.43 Å².